The maximum atomic E-state index is 2.44. The maximum absolute atomic E-state index is 2.44. The second-order valence-electron chi connectivity index (χ2n) is 14.9. The molecule has 0 aliphatic heterocycles. The standard InChI is InChI=1S/C51H35NS/c1-51(2)47-17-9-7-15-41(47)42-27-24-35(29-48(42)51)52(36-25-28-44-43-16-8-10-18-49(43)53-50(44)30-36)34-22-19-33(20-23-34)45-31-46-37-12-4-3-11-32(37)21-26-40(46)38-13-5-6-14-39(38)45/h3-31H,1-2H3. The fraction of sp³-hybridized carbons (Fsp3) is 0.0588. The Bertz CT molecular complexity index is 3090. The highest BCUT2D eigenvalue weighted by atomic mass is 32.1. The summed E-state index contributed by atoms with van der Waals surface area (Å²) in [4.78, 5) is 2.44. The molecule has 0 radical (unpaired) electrons. The Morgan fingerprint density at radius 2 is 0.981 bits per heavy atom. The number of anilines is 3. The van der Waals surface area contributed by atoms with Crippen LogP contribution in [0, 0.1) is 0 Å². The molecule has 0 saturated carbocycles. The predicted molar refractivity (Wildman–Crippen MR) is 230 cm³/mol. The first-order chi connectivity index (χ1) is 26.0. The highest BCUT2D eigenvalue weighted by molar-refractivity contribution is 7.25. The SMILES string of the molecule is CC1(C)c2ccccc2-c2ccc(N(c3ccc(-c4cc5c6ccccc6ccc5c5ccccc45)cc3)c3ccc4c(c3)sc3ccccc34)cc21. The zero-order chi connectivity index (χ0) is 35.3. The molecule has 1 nitrogen and oxygen atoms in total. The molecular formula is C51H35NS. The molecule has 1 aliphatic rings. The van der Waals surface area contributed by atoms with Crippen LogP contribution in [0.15, 0.2) is 176 Å². The number of hydrogen-bond donors (Lipinski definition) is 0. The lowest BCUT2D eigenvalue weighted by Gasteiger charge is -2.28. The molecule has 0 atom stereocenters. The van der Waals surface area contributed by atoms with Crippen LogP contribution in [0.3, 0.4) is 0 Å². The predicted octanol–water partition coefficient (Wildman–Crippen LogP) is 15.0. The molecule has 250 valence electrons. The van der Waals surface area contributed by atoms with E-state index in [4.69, 9.17) is 0 Å². The Kier molecular flexibility index (Phi) is 6.53. The van der Waals surface area contributed by atoms with E-state index >= 15 is 0 Å². The molecule has 9 aromatic carbocycles. The second kappa shape index (κ2) is 11.4. The molecule has 0 amide bonds. The largest absolute Gasteiger partial charge is 0.310 e. The first-order valence-electron chi connectivity index (χ1n) is 18.4. The number of fused-ring (bicyclic) bond motifs is 11. The molecule has 1 aromatic heterocycles. The lowest BCUT2D eigenvalue weighted by molar-refractivity contribution is 0.660. The van der Waals surface area contributed by atoms with Crippen LogP contribution in [0.4, 0.5) is 17.1 Å². The highest BCUT2D eigenvalue weighted by Crippen LogP contribution is 2.51. The quantitative estimate of drug-likeness (QED) is 0.166. The number of hydrogen-bond acceptors (Lipinski definition) is 2. The molecule has 1 aliphatic carbocycles. The summed E-state index contributed by atoms with van der Waals surface area (Å²) in [5.74, 6) is 0. The summed E-state index contributed by atoms with van der Waals surface area (Å²) in [7, 11) is 0. The molecule has 0 N–H and O–H groups in total. The normalized spacial score (nSPS) is 13.2. The van der Waals surface area contributed by atoms with E-state index in [2.05, 4.69) is 195 Å². The fourth-order valence-electron chi connectivity index (χ4n) is 9.02. The zero-order valence-electron chi connectivity index (χ0n) is 29.6. The van der Waals surface area contributed by atoms with Crippen molar-refractivity contribution in [3.8, 4) is 22.3 Å². The van der Waals surface area contributed by atoms with Crippen molar-refractivity contribution >= 4 is 80.9 Å². The van der Waals surface area contributed by atoms with Crippen LogP contribution in [0.25, 0.3) is 74.7 Å². The summed E-state index contributed by atoms with van der Waals surface area (Å²) < 4.78 is 2.62. The van der Waals surface area contributed by atoms with Crippen molar-refractivity contribution in [1.82, 2.24) is 0 Å². The Morgan fingerprint density at radius 3 is 1.85 bits per heavy atom. The molecular weight excluding hydrogens is 659 g/mol. The van der Waals surface area contributed by atoms with Crippen LogP contribution in [-0.2, 0) is 5.41 Å². The van der Waals surface area contributed by atoms with Crippen LogP contribution < -0.4 is 4.90 Å². The summed E-state index contributed by atoms with van der Waals surface area (Å²) in [5, 5.41) is 10.3. The highest BCUT2D eigenvalue weighted by Gasteiger charge is 2.35. The molecule has 0 fully saturated rings. The fourth-order valence-corrected chi connectivity index (χ4v) is 10.2. The van der Waals surface area contributed by atoms with Gasteiger partial charge in [0.15, 0.2) is 0 Å². The average Bonchev–Trinajstić information content (AvgIpc) is 3.69. The van der Waals surface area contributed by atoms with Gasteiger partial charge in [0.25, 0.3) is 0 Å². The number of rotatable bonds is 4. The Hall–Kier alpha value is -6.22. The minimum absolute atomic E-state index is 0.0891. The van der Waals surface area contributed by atoms with E-state index in [1.54, 1.807) is 0 Å². The lowest BCUT2D eigenvalue weighted by atomic mass is 9.82. The van der Waals surface area contributed by atoms with Gasteiger partial charge in [-0.3, -0.25) is 0 Å². The second-order valence-corrected chi connectivity index (χ2v) is 16.0. The van der Waals surface area contributed by atoms with Gasteiger partial charge < -0.3 is 4.90 Å². The van der Waals surface area contributed by atoms with Crippen molar-refractivity contribution < 1.29 is 0 Å². The Balaban J connectivity index is 1.09. The van der Waals surface area contributed by atoms with Gasteiger partial charge in [-0.2, -0.15) is 0 Å². The van der Waals surface area contributed by atoms with Crippen molar-refractivity contribution in [2.45, 2.75) is 19.3 Å². The van der Waals surface area contributed by atoms with E-state index in [0.29, 0.717) is 0 Å². The first-order valence-corrected chi connectivity index (χ1v) is 19.2. The van der Waals surface area contributed by atoms with Gasteiger partial charge in [0.05, 0.1) is 0 Å². The van der Waals surface area contributed by atoms with Crippen LogP contribution in [0.2, 0.25) is 0 Å². The molecule has 2 heteroatoms. The molecule has 0 spiro atoms. The maximum Gasteiger partial charge on any atom is 0.0476 e. The third kappa shape index (κ3) is 4.56. The van der Waals surface area contributed by atoms with E-state index in [0.717, 1.165) is 11.4 Å². The molecule has 0 saturated heterocycles. The van der Waals surface area contributed by atoms with Crippen molar-refractivity contribution in [1.29, 1.82) is 0 Å². The third-order valence-electron chi connectivity index (χ3n) is 11.6. The summed E-state index contributed by atoms with van der Waals surface area (Å²) in [5.41, 5.74) is 11.3. The number of nitrogens with zero attached hydrogens (tertiary/aromatic N) is 1. The van der Waals surface area contributed by atoms with Gasteiger partial charge in [-0.05, 0) is 114 Å². The van der Waals surface area contributed by atoms with Gasteiger partial charge >= 0.3 is 0 Å². The summed E-state index contributed by atoms with van der Waals surface area (Å²) in [6.45, 7) is 4.72. The van der Waals surface area contributed by atoms with E-state index in [1.165, 1.54) is 91.6 Å². The third-order valence-corrected chi connectivity index (χ3v) is 12.8. The Labute approximate surface area is 313 Å². The van der Waals surface area contributed by atoms with Crippen LogP contribution in [0.1, 0.15) is 25.0 Å². The van der Waals surface area contributed by atoms with Gasteiger partial charge in [0.2, 0.25) is 0 Å². The molecule has 0 bridgehead atoms. The molecule has 11 rings (SSSR count). The van der Waals surface area contributed by atoms with Gasteiger partial charge in [0.1, 0.15) is 0 Å². The molecule has 0 unspecified atom stereocenters. The topological polar surface area (TPSA) is 3.24 Å². The van der Waals surface area contributed by atoms with Gasteiger partial charge in [-0.15, -0.1) is 11.3 Å². The van der Waals surface area contributed by atoms with Crippen molar-refractivity contribution in [2.24, 2.45) is 0 Å². The van der Waals surface area contributed by atoms with E-state index in [9.17, 15) is 0 Å². The average molecular weight is 694 g/mol. The summed E-state index contributed by atoms with van der Waals surface area (Å²) in [6.07, 6.45) is 0. The minimum Gasteiger partial charge on any atom is -0.310 e. The van der Waals surface area contributed by atoms with Gasteiger partial charge in [0, 0.05) is 42.6 Å². The monoisotopic (exact) mass is 693 g/mol. The lowest BCUT2D eigenvalue weighted by Crippen LogP contribution is -2.16. The van der Waals surface area contributed by atoms with Gasteiger partial charge in [-0.25, -0.2) is 0 Å². The van der Waals surface area contributed by atoms with Crippen LogP contribution in [-0.4, -0.2) is 0 Å². The van der Waals surface area contributed by atoms with Gasteiger partial charge in [-0.1, -0.05) is 141 Å². The molecule has 10 aromatic rings. The van der Waals surface area contributed by atoms with E-state index in [-0.39, 0.29) is 5.41 Å². The smallest absolute Gasteiger partial charge is 0.0476 e. The van der Waals surface area contributed by atoms with E-state index < -0.39 is 0 Å². The zero-order valence-corrected chi connectivity index (χ0v) is 30.4. The minimum atomic E-state index is -0.0891. The molecule has 1 heterocycles. The van der Waals surface area contributed by atoms with Crippen LogP contribution in [0.5, 0.6) is 0 Å². The van der Waals surface area contributed by atoms with Crippen molar-refractivity contribution in [2.75, 3.05) is 4.90 Å². The van der Waals surface area contributed by atoms with E-state index in [1.807, 2.05) is 11.3 Å². The number of benzene rings is 9. The van der Waals surface area contributed by atoms with Crippen molar-refractivity contribution in [3.05, 3.63) is 187 Å². The van der Waals surface area contributed by atoms with Crippen molar-refractivity contribution in [3.63, 3.8) is 0 Å². The van der Waals surface area contributed by atoms with Crippen LogP contribution >= 0.6 is 11.3 Å². The summed E-state index contributed by atoms with van der Waals surface area (Å²) >= 11 is 1.87. The number of thiophene rings is 1. The molecule has 53 heavy (non-hydrogen) atoms. The first kappa shape index (κ1) is 30.4. The summed E-state index contributed by atoms with van der Waals surface area (Å²) in [6, 6.07) is 65.5. The Morgan fingerprint density at radius 1 is 0.377 bits per heavy atom.